The van der Waals surface area contributed by atoms with E-state index in [0.29, 0.717) is 38.5 Å². The van der Waals surface area contributed by atoms with Crippen molar-refractivity contribution in [3.63, 3.8) is 0 Å². The minimum absolute atomic E-state index is 0.0840. The highest BCUT2D eigenvalue weighted by molar-refractivity contribution is 7.91. The maximum atomic E-state index is 13.5. The number of rotatable bonds is 2. The van der Waals surface area contributed by atoms with E-state index in [4.69, 9.17) is 4.74 Å². The number of hydrogen-bond acceptors (Lipinski definition) is 5. The quantitative estimate of drug-likeness (QED) is 0.596. The fourth-order valence-corrected chi connectivity index (χ4v) is 6.93. The van der Waals surface area contributed by atoms with Gasteiger partial charge in [0, 0.05) is 24.6 Å². The molecule has 196 valence electrons. The highest BCUT2D eigenvalue weighted by atomic mass is 32.2. The van der Waals surface area contributed by atoms with E-state index in [-0.39, 0.29) is 23.3 Å². The Balaban J connectivity index is 1.53. The monoisotopic (exact) mass is 512 g/mol. The lowest BCUT2D eigenvalue weighted by Crippen LogP contribution is -2.42. The van der Waals surface area contributed by atoms with Crippen LogP contribution in [0.3, 0.4) is 0 Å². The summed E-state index contributed by atoms with van der Waals surface area (Å²) >= 11 is 0. The van der Waals surface area contributed by atoms with E-state index >= 15 is 0 Å². The van der Waals surface area contributed by atoms with Gasteiger partial charge in [0.15, 0.2) is 0 Å². The molecule has 2 heterocycles. The SMILES string of the molecule is Cc1ccc2c(c1)CN(C)CCC(c1ccccc1)CCCN(C(=O)C1CCS(=O)(=O)CC1)CCO2. The van der Waals surface area contributed by atoms with Crippen molar-refractivity contribution in [3.8, 4) is 5.75 Å². The number of fused-ring (bicyclic) bond motifs is 1. The molecular formula is C29H40N2O4S. The number of aryl methyl sites for hydroxylation is 1. The van der Waals surface area contributed by atoms with Gasteiger partial charge in [-0.3, -0.25) is 4.79 Å². The lowest BCUT2D eigenvalue weighted by atomic mass is 9.90. The van der Waals surface area contributed by atoms with Gasteiger partial charge in [0.1, 0.15) is 22.2 Å². The van der Waals surface area contributed by atoms with E-state index < -0.39 is 9.84 Å². The summed E-state index contributed by atoms with van der Waals surface area (Å²) in [5.74, 6) is 1.41. The van der Waals surface area contributed by atoms with Crippen molar-refractivity contribution < 1.29 is 17.9 Å². The Morgan fingerprint density at radius 2 is 1.69 bits per heavy atom. The molecule has 7 heteroatoms. The highest BCUT2D eigenvalue weighted by Crippen LogP contribution is 2.28. The molecule has 2 aromatic rings. The van der Waals surface area contributed by atoms with Crippen LogP contribution >= 0.6 is 0 Å². The topological polar surface area (TPSA) is 66.9 Å². The average Bonchev–Trinajstić information content (AvgIpc) is 2.86. The molecule has 0 radical (unpaired) electrons. The zero-order chi connectivity index (χ0) is 25.5. The van der Waals surface area contributed by atoms with E-state index in [1.165, 1.54) is 16.7 Å². The standard InChI is InChI=1S/C29H40N2O4S/c1-23-10-11-28-27(21-23)22-30(2)16-12-25(24-7-4-3-5-8-24)9-6-15-31(17-18-35-28)29(32)26-13-19-36(33,34)20-14-26/h3-5,7-8,10-11,21,25-26H,6,9,12-20,22H2,1-2H3. The molecule has 1 unspecified atom stereocenters. The van der Waals surface area contributed by atoms with Gasteiger partial charge >= 0.3 is 0 Å². The predicted molar refractivity (Wildman–Crippen MR) is 144 cm³/mol. The van der Waals surface area contributed by atoms with Gasteiger partial charge < -0.3 is 14.5 Å². The van der Waals surface area contributed by atoms with Gasteiger partial charge in [0.25, 0.3) is 0 Å². The molecule has 2 aliphatic heterocycles. The number of nitrogens with zero attached hydrogens (tertiary/aromatic N) is 2. The minimum atomic E-state index is -3.00. The van der Waals surface area contributed by atoms with E-state index in [2.05, 4.69) is 61.3 Å². The Morgan fingerprint density at radius 3 is 2.44 bits per heavy atom. The zero-order valence-electron chi connectivity index (χ0n) is 21.7. The third-order valence-corrected chi connectivity index (χ3v) is 9.32. The van der Waals surface area contributed by atoms with Crippen molar-refractivity contribution in [3.05, 3.63) is 65.2 Å². The second kappa shape index (κ2) is 12.2. The number of amides is 1. The lowest BCUT2D eigenvalue weighted by molar-refractivity contribution is -0.136. The van der Waals surface area contributed by atoms with Crippen LogP contribution in [0.5, 0.6) is 5.75 Å². The third kappa shape index (κ3) is 7.32. The molecule has 36 heavy (non-hydrogen) atoms. The number of hydrogen-bond donors (Lipinski definition) is 0. The van der Waals surface area contributed by atoms with Gasteiger partial charge in [-0.25, -0.2) is 8.42 Å². The summed E-state index contributed by atoms with van der Waals surface area (Å²) in [7, 11) is -0.827. The third-order valence-electron chi connectivity index (χ3n) is 7.60. The van der Waals surface area contributed by atoms with Crippen molar-refractivity contribution in [1.29, 1.82) is 0 Å². The van der Waals surface area contributed by atoms with Crippen LogP contribution in [0.25, 0.3) is 0 Å². The van der Waals surface area contributed by atoms with E-state index in [0.717, 1.165) is 38.1 Å². The van der Waals surface area contributed by atoms with Gasteiger partial charge in [-0.2, -0.15) is 0 Å². The number of benzene rings is 2. The molecule has 1 amide bonds. The summed E-state index contributed by atoms with van der Waals surface area (Å²) in [5.41, 5.74) is 3.73. The summed E-state index contributed by atoms with van der Waals surface area (Å²) in [6, 6.07) is 17.0. The first kappa shape index (κ1) is 26.7. The first-order valence-electron chi connectivity index (χ1n) is 13.3. The number of carbonyl (C=O) groups is 1. The summed E-state index contributed by atoms with van der Waals surface area (Å²) in [5, 5.41) is 0. The number of sulfone groups is 1. The molecule has 0 bridgehead atoms. The summed E-state index contributed by atoms with van der Waals surface area (Å²) in [6.07, 6.45) is 3.84. The van der Waals surface area contributed by atoms with Crippen LogP contribution in [-0.4, -0.2) is 68.9 Å². The van der Waals surface area contributed by atoms with Crippen molar-refractivity contribution in [2.75, 3.05) is 44.8 Å². The molecule has 0 N–H and O–H groups in total. The predicted octanol–water partition coefficient (Wildman–Crippen LogP) is 4.43. The average molecular weight is 513 g/mol. The second-order valence-corrected chi connectivity index (χ2v) is 12.8. The molecule has 0 spiro atoms. The Hall–Kier alpha value is -2.38. The molecular weight excluding hydrogens is 472 g/mol. The second-order valence-electron chi connectivity index (χ2n) is 10.5. The fourth-order valence-electron chi connectivity index (χ4n) is 5.44. The Kier molecular flexibility index (Phi) is 9.07. The van der Waals surface area contributed by atoms with Crippen molar-refractivity contribution in [2.45, 2.75) is 51.5 Å². The van der Waals surface area contributed by atoms with Crippen molar-refractivity contribution >= 4 is 15.7 Å². The van der Waals surface area contributed by atoms with Crippen LogP contribution in [0.15, 0.2) is 48.5 Å². The fraction of sp³-hybridized carbons (Fsp3) is 0.552. The van der Waals surface area contributed by atoms with Crippen LogP contribution in [0.1, 0.15) is 54.7 Å². The zero-order valence-corrected chi connectivity index (χ0v) is 22.5. The van der Waals surface area contributed by atoms with Crippen LogP contribution in [0.2, 0.25) is 0 Å². The molecule has 6 nitrogen and oxygen atoms in total. The molecule has 2 aromatic carbocycles. The molecule has 0 aliphatic carbocycles. The normalized spacial score (nSPS) is 22.7. The van der Waals surface area contributed by atoms with Gasteiger partial charge in [-0.1, -0.05) is 48.0 Å². The Labute approximate surface area is 216 Å². The highest BCUT2D eigenvalue weighted by Gasteiger charge is 2.31. The lowest BCUT2D eigenvalue weighted by Gasteiger charge is -2.31. The van der Waals surface area contributed by atoms with Gasteiger partial charge in [0.05, 0.1) is 18.1 Å². The van der Waals surface area contributed by atoms with Gasteiger partial charge in [0.2, 0.25) is 5.91 Å². The van der Waals surface area contributed by atoms with Crippen LogP contribution in [-0.2, 0) is 21.2 Å². The molecule has 2 aliphatic rings. The van der Waals surface area contributed by atoms with Crippen LogP contribution in [0.4, 0.5) is 0 Å². The molecule has 1 saturated heterocycles. The first-order chi connectivity index (χ1) is 17.3. The van der Waals surface area contributed by atoms with E-state index in [9.17, 15) is 13.2 Å². The number of ether oxygens (including phenoxy) is 1. The number of carbonyl (C=O) groups excluding carboxylic acids is 1. The van der Waals surface area contributed by atoms with Crippen molar-refractivity contribution in [2.24, 2.45) is 5.92 Å². The smallest absolute Gasteiger partial charge is 0.225 e. The van der Waals surface area contributed by atoms with Gasteiger partial charge in [-0.15, -0.1) is 0 Å². The van der Waals surface area contributed by atoms with Crippen LogP contribution in [0, 0.1) is 12.8 Å². The Morgan fingerprint density at radius 1 is 0.944 bits per heavy atom. The molecule has 0 aromatic heterocycles. The van der Waals surface area contributed by atoms with E-state index in [1.807, 2.05) is 11.0 Å². The molecule has 1 atom stereocenters. The van der Waals surface area contributed by atoms with Crippen LogP contribution < -0.4 is 4.74 Å². The summed E-state index contributed by atoms with van der Waals surface area (Å²) in [6.45, 7) is 5.51. The van der Waals surface area contributed by atoms with Gasteiger partial charge in [-0.05, 0) is 70.2 Å². The Bertz CT molecular complexity index is 1110. The maximum Gasteiger partial charge on any atom is 0.225 e. The summed E-state index contributed by atoms with van der Waals surface area (Å²) < 4.78 is 30.0. The minimum Gasteiger partial charge on any atom is -0.491 e. The first-order valence-corrected chi connectivity index (χ1v) is 15.1. The summed E-state index contributed by atoms with van der Waals surface area (Å²) in [4.78, 5) is 17.8. The van der Waals surface area contributed by atoms with Crippen molar-refractivity contribution in [1.82, 2.24) is 9.80 Å². The molecule has 1 fully saturated rings. The molecule has 4 rings (SSSR count). The van der Waals surface area contributed by atoms with E-state index in [1.54, 1.807) is 0 Å². The maximum absolute atomic E-state index is 13.5. The molecule has 0 saturated carbocycles. The largest absolute Gasteiger partial charge is 0.491 e.